The van der Waals surface area contributed by atoms with Crippen LogP contribution in [0.5, 0.6) is 0 Å². The number of para-hydroxylation sites is 1. The first-order valence-electron chi connectivity index (χ1n) is 8.02. The summed E-state index contributed by atoms with van der Waals surface area (Å²) in [6, 6.07) is 14.5. The number of oxazole rings is 1. The number of nitrogens with one attached hydrogen (secondary N) is 1. The first kappa shape index (κ1) is 15.8. The van der Waals surface area contributed by atoms with Crippen LogP contribution in [0.2, 0.25) is 0 Å². The topological polar surface area (TPSA) is 77.1 Å². The maximum atomic E-state index is 12.6. The Kier molecular flexibility index (Phi) is 3.85. The number of ketones is 1. The quantitative estimate of drug-likeness (QED) is 0.452. The van der Waals surface area contributed by atoms with Crippen molar-refractivity contribution in [1.82, 2.24) is 9.55 Å². The van der Waals surface area contributed by atoms with Crippen molar-refractivity contribution in [1.29, 1.82) is 0 Å². The number of nitrogens with zero attached hydrogens (tertiary/aromatic N) is 2. The van der Waals surface area contributed by atoms with Gasteiger partial charge in [-0.3, -0.25) is 9.59 Å². The van der Waals surface area contributed by atoms with Crippen molar-refractivity contribution < 1.29 is 14.0 Å². The van der Waals surface area contributed by atoms with Crippen LogP contribution in [0.3, 0.4) is 0 Å². The molecule has 4 rings (SSSR count). The van der Waals surface area contributed by atoms with Crippen molar-refractivity contribution in [2.24, 2.45) is 7.05 Å². The minimum Gasteiger partial charge on any atom is -0.444 e. The summed E-state index contributed by atoms with van der Waals surface area (Å²) in [6.07, 6.45) is 4.64. The number of rotatable bonds is 4. The van der Waals surface area contributed by atoms with Gasteiger partial charge in [-0.2, -0.15) is 0 Å². The summed E-state index contributed by atoms with van der Waals surface area (Å²) in [5.74, 6) is -0.607. The second-order valence-corrected chi connectivity index (χ2v) is 5.90. The Morgan fingerprint density at radius 3 is 2.58 bits per heavy atom. The minimum absolute atomic E-state index is 0.388. The SMILES string of the molecule is Cn1cc(C(=O)C(=O)Nc2ccc(-c3cnco3)cc2)c2ccccc21. The number of aromatic nitrogens is 2. The van der Waals surface area contributed by atoms with Gasteiger partial charge in [0.1, 0.15) is 0 Å². The first-order chi connectivity index (χ1) is 12.6. The molecule has 0 aliphatic carbocycles. The number of aryl methyl sites for hydroxylation is 1. The highest BCUT2D eigenvalue weighted by molar-refractivity contribution is 6.48. The Labute approximate surface area is 149 Å². The van der Waals surface area contributed by atoms with Gasteiger partial charge in [0.05, 0.1) is 11.8 Å². The van der Waals surface area contributed by atoms with Crippen LogP contribution in [0.4, 0.5) is 5.69 Å². The Bertz CT molecular complexity index is 1090. The molecule has 0 aliphatic rings. The van der Waals surface area contributed by atoms with Gasteiger partial charge in [0.25, 0.3) is 11.7 Å². The van der Waals surface area contributed by atoms with Crippen molar-refractivity contribution in [3.63, 3.8) is 0 Å². The van der Waals surface area contributed by atoms with E-state index in [2.05, 4.69) is 10.3 Å². The monoisotopic (exact) mass is 345 g/mol. The molecule has 0 unspecified atom stereocenters. The minimum atomic E-state index is -0.672. The number of fused-ring (bicyclic) bond motifs is 1. The highest BCUT2D eigenvalue weighted by atomic mass is 16.3. The van der Waals surface area contributed by atoms with E-state index in [4.69, 9.17) is 4.42 Å². The molecule has 0 fully saturated rings. The van der Waals surface area contributed by atoms with Gasteiger partial charge in [0.2, 0.25) is 0 Å². The highest BCUT2D eigenvalue weighted by Gasteiger charge is 2.21. The molecule has 0 saturated carbocycles. The predicted molar refractivity (Wildman–Crippen MR) is 97.8 cm³/mol. The lowest BCUT2D eigenvalue weighted by Crippen LogP contribution is -2.22. The molecule has 0 aliphatic heterocycles. The summed E-state index contributed by atoms with van der Waals surface area (Å²) in [5, 5.41) is 3.40. The highest BCUT2D eigenvalue weighted by Crippen LogP contribution is 2.23. The van der Waals surface area contributed by atoms with Gasteiger partial charge < -0.3 is 14.3 Å². The number of carbonyl (C=O) groups excluding carboxylic acids is 2. The van der Waals surface area contributed by atoms with Crippen molar-refractivity contribution in [3.8, 4) is 11.3 Å². The Morgan fingerprint density at radius 1 is 1.08 bits per heavy atom. The standard InChI is InChI=1S/C20H15N3O3/c1-23-11-16(15-4-2-3-5-17(15)23)19(24)20(25)22-14-8-6-13(7-9-14)18-10-21-12-26-18/h2-12H,1H3,(H,22,25). The van der Waals surface area contributed by atoms with Gasteiger partial charge >= 0.3 is 0 Å². The molecule has 0 atom stereocenters. The molecule has 128 valence electrons. The summed E-state index contributed by atoms with van der Waals surface area (Å²) in [4.78, 5) is 28.8. The van der Waals surface area contributed by atoms with Crippen molar-refractivity contribution in [2.75, 3.05) is 5.32 Å². The van der Waals surface area contributed by atoms with Crippen LogP contribution in [0, 0.1) is 0 Å². The van der Waals surface area contributed by atoms with Crippen LogP contribution < -0.4 is 5.32 Å². The maximum absolute atomic E-state index is 12.6. The molecule has 0 bridgehead atoms. The molecule has 0 radical (unpaired) electrons. The number of anilines is 1. The second-order valence-electron chi connectivity index (χ2n) is 5.90. The third-order valence-electron chi connectivity index (χ3n) is 4.21. The summed E-state index contributed by atoms with van der Waals surface area (Å²) in [5.41, 5.74) is 2.66. The van der Waals surface area contributed by atoms with Gasteiger partial charge in [0, 0.05) is 35.4 Å². The van der Waals surface area contributed by atoms with E-state index in [-0.39, 0.29) is 0 Å². The smallest absolute Gasteiger partial charge is 0.296 e. The van der Waals surface area contributed by atoms with Gasteiger partial charge in [-0.15, -0.1) is 0 Å². The molecule has 26 heavy (non-hydrogen) atoms. The predicted octanol–water partition coefficient (Wildman–Crippen LogP) is 3.65. The van der Waals surface area contributed by atoms with E-state index in [1.54, 1.807) is 36.7 Å². The fourth-order valence-corrected chi connectivity index (χ4v) is 2.91. The Hall–Kier alpha value is -3.67. The molecule has 1 N–H and O–H groups in total. The normalized spacial score (nSPS) is 10.8. The molecule has 0 spiro atoms. The number of hydrogen-bond acceptors (Lipinski definition) is 4. The van der Waals surface area contributed by atoms with E-state index in [0.29, 0.717) is 17.0 Å². The first-order valence-corrected chi connectivity index (χ1v) is 8.02. The van der Waals surface area contributed by atoms with Crippen molar-refractivity contribution in [3.05, 3.63) is 72.9 Å². The molecule has 1 amide bonds. The Morgan fingerprint density at radius 2 is 1.85 bits per heavy atom. The molecule has 2 heterocycles. The van der Waals surface area contributed by atoms with Crippen molar-refractivity contribution in [2.45, 2.75) is 0 Å². The molecule has 2 aromatic heterocycles. The number of carbonyl (C=O) groups is 2. The largest absolute Gasteiger partial charge is 0.444 e. The summed E-state index contributed by atoms with van der Waals surface area (Å²) in [6.45, 7) is 0. The molecule has 4 aromatic rings. The molecule has 6 nitrogen and oxygen atoms in total. The summed E-state index contributed by atoms with van der Waals surface area (Å²) < 4.78 is 7.06. The molecular formula is C20H15N3O3. The average Bonchev–Trinajstić information content (AvgIpc) is 3.31. The zero-order valence-corrected chi connectivity index (χ0v) is 14.0. The van der Waals surface area contributed by atoms with Crippen LogP contribution in [-0.4, -0.2) is 21.2 Å². The number of benzene rings is 2. The molecule has 2 aromatic carbocycles. The van der Waals surface area contributed by atoms with Gasteiger partial charge in [-0.1, -0.05) is 18.2 Å². The van der Waals surface area contributed by atoms with Crippen LogP contribution in [0.25, 0.3) is 22.2 Å². The summed E-state index contributed by atoms with van der Waals surface area (Å²) in [7, 11) is 1.85. The number of amides is 1. The fourth-order valence-electron chi connectivity index (χ4n) is 2.91. The molecular weight excluding hydrogens is 330 g/mol. The molecule has 0 saturated heterocycles. The number of Topliss-reactive ketones (excluding diaryl/α,β-unsaturated/α-hetero) is 1. The van der Waals surface area contributed by atoms with Crippen LogP contribution >= 0.6 is 0 Å². The van der Waals surface area contributed by atoms with Crippen LogP contribution in [0.15, 0.2) is 71.7 Å². The van der Waals surface area contributed by atoms with Gasteiger partial charge in [0.15, 0.2) is 12.2 Å². The van der Waals surface area contributed by atoms with E-state index in [1.165, 1.54) is 6.39 Å². The maximum Gasteiger partial charge on any atom is 0.296 e. The lowest BCUT2D eigenvalue weighted by molar-refractivity contribution is -0.112. The lowest BCUT2D eigenvalue weighted by atomic mass is 10.1. The van der Waals surface area contributed by atoms with Crippen LogP contribution in [-0.2, 0) is 11.8 Å². The third-order valence-corrected chi connectivity index (χ3v) is 4.21. The third kappa shape index (κ3) is 2.77. The lowest BCUT2D eigenvalue weighted by Gasteiger charge is -2.05. The summed E-state index contributed by atoms with van der Waals surface area (Å²) >= 11 is 0. The molecule has 6 heteroatoms. The Balaban J connectivity index is 1.55. The number of hydrogen-bond donors (Lipinski definition) is 1. The van der Waals surface area contributed by atoms with Crippen LogP contribution in [0.1, 0.15) is 10.4 Å². The zero-order chi connectivity index (χ0) is 18.1. The van der Waals surface area contributed by atoms with Gasteiger partial charge in [-0.05, 0) is 30.3 Å². The van der Waals surface area contributed by atoms with Crippen molar-refractivity contribution >= 4 is 28.3 Å². The van der Waals surface area contributed by atoms with Gasteiger partial charge in [-0.25, -0.2) is 4.98 Å². The van der Waals surface area contributed by atoms with E-state index in [0.717, 1.165) is 16.5 Å². The van der Waals surface area contributed by atoms with E-state index in [9.17, 15) is 9.59 Å². The van der Waals surface area contributed by atoms with E-state index < -0.39 is 11.7 Å². The van der Waals surface area contributed by atoms with E-state index in [1.807, 2.05) is 35.9 Å². The average molecular weight is 345 g/mol. The fraction of sp³-hybridized carbons (Fsp3) is 0.0500. The second kappa shape index (κ2) is 6.33. The zero-order valence-electron chi connectivity index (χ0n) is 14.0. The van der Waals surface area contributed by atoms with E-state index >= 15 is 0 Å².